The van der Waals surface area contributed by atoms with E-state index in [4.69, 9.17) is 4.74 Å². The maximum absolute atomic E-state index is 12.6. The third kappa shape index (κ3) is 4.58. The molecule has 0 N–H and O–H groups in total. The second kappa shape index (κ2) is 9.22. The van der Waals surface area contributed by atoms with Crippen molar-refractivity contribution in [3.63, 3.8) is 0 Å². The van der Waals surface area contributed by atoms with Gasteiger partial charge >= 0.3 is 5.97 Å². The van der Waals surface area contributed by atoms with Crippen LogP contribution in [0.1, 0.15) is 46.4 Å². The molecule has 2 aromatic rings. The maximum Gasteiger partial charge on any atom is 0.338 e. The number of Topliss-reactive ketones (excluding diaryl/α,β-unsaturated/α-hetero) is 1. The zero-order valence-electron chi connectivity index (χ0n) is 17.5. The van der Waals surface area contributed by atoms with Crippen LogP contribution in [0.25, 0.3) is 0 Å². The number of hydrogen-bond acceptors (Lipinski definition) is 6. The van der Waals surface area contributed by atoms with Gasteiger partial charge in [0.2, 0.25) is 15.9 Å². The SMILES string of the molecule is O=C(COC(=O)c1ccc(N2CCCC2=O)cc1)c1ccc(S(=O)(=O)N2CCCC2)cc1. The Morgan fingerprint density at radius 2 is 1.47 bits per heavy atom. The molecule has 2 heterocycles. The number of rotatable bonds is 7. The average Bonchev–Trinajstić information content (AvgIpc) is 3.50. The van der Waals surface area contributed by atoms with Crippen LogP contribution < -0.4 is 4.90 Å². The number of anilines is 1. The van der Waals surface area contributed by atoms with Crippen LogP contribution in [0.2, 0.25) is 0 Å². The molecule has 0 unspecified atom stereocenters. The third-order valence-corrected chi connectivity index (χ3v) is 7.61. The number of hydrogen-bond donors (Lipinski definition) is 0. The summed E-state index contributed by atoms with van der Waals surface area (Å²) in [5, 5.41) is 0. The van der Waals surface area contributed by atoms with Crippen molar-refractivity contribution < 1.29 is 27.5 Å². The van der Waals surface area contributed by atoms with E-state index in [1.165, 1.54) is 28.6 Å². The first kappa shape index (κ1) is 22.2. The van der Waals surface area contributed by atoms with E-state index in [0.717, 1.165) is 24.9 Å². The Morgan fingerprint density at radius 1 is 0.844 bits per heavy atom. The largest absolute Gasteiger partial charge is 0.454 e. The summed E-state index contributed by atoms with van der Waals surface area (Å²) in [6.07, 6.45) is 3.04. The fourth-order valence-electron chi connectivity index (χ4n) is 3.89. The number of ether oxygens (including phenoxy) is 1. The Labute approximate surface area is 186 Å². The van der Waals surface area contributed by atoms with Crippen LogP contribution in [0.4, 0.5) is 5.69 Å². The Kier molecular flexibility index (Phi) is 6.38. The zero-order chi connectivity index (χ0) is 22.7. The van der Waals surface area contributed by atoms with Gasteiger partial charge in [0, 0.05) is 37.3 Å². The molecule has 0 radical (unpaired) electrons. The molecule has 1 amide bonds. The second-order valence-electron chi connectivity index (χ2n) is 7.83. The Morgan fingerprint density at radius 3 is 2.06 bits per heavy atom. The molecular weight excluding hydrogens is 432 g/mol. The average molecular weight is 457 g/mol. The predicted octanol–water partition coefficient (Wildman–Crippen LogP) is 2.64. The molecule has 2 fully saturated rings. The quantitative estimate of drug-likeness (QED) is 0.469. The Hall–Kier alpha value is -3.04. The zero-order valence-corrected chi connectivity index (χ0v) is 18.3. The molecule has 0 saturated carbocycles. The summed E-state index contributed by atoms with van der Waals surface area (Å²) in [6.45, 7) is 1.22. The van der Waals surface area contributed by atoms with E-state index >= 15 is 0 Å². The lowest BCUT2D eigenvalue weighted by atomic mass is 10.1. The van der Waals surface area contributed by atoms with Crippen molar-refractivity contribution in [3.05, 3.63) is 59.7 Å². The normalized spacial score (nSPS) is 17.0. The van der Waals surface area contributed by atoms with Gasteiger partial charge in [-0.1, -0.05) is 0 Å². The fraction of sp³-hybridized carbons (Fsp3) is 0.348. The van der Waals surface area contributed by atoms with E-state index in [1.54, 1.807) is 29.2 Å². The number of amides is 1. The number of carbonyl (C=O) groups is 3. The molecular formula is C23H24N2O6S. The summed E-state index contributed by atoms with van der Waals surface area (Å²) >= 11 is 0. The van der Waals surface area contributed by atoms with E-state index in [1.807, 2.05) is 0 Å². The molecule has 168 valence electrons. The molecule has 0 atom stereocenters. The van der Waals surface area contributed by atoms with Crippen LogP contribution >= 0.6 is 0 Å². The van der Waals surface area contributed by atoms with E-state index < -0.39 is 28.4 Å². The Bertz CT molecular complexity index is 1120. The van der Waals surface area contributed by atoms with Gasteiger partial charge in [0.1, 0.15) is 0 Å². The maximum atomic E-state index is 12.6. The van der Waals surface area contributed by atoms with Crippen LogP contribution in [0.3, 0.4) is 0 Å². The number of carbonyl (C=O) groups excluding carboxylic acids is 3. The number of ketones is 1. The fourth-order valence-corrected chi connectivity index (χ4v) is 5.40. The third-order valence-electron chi connectivity index (χ3n) is 5.70. The van der Waals surface area contributed by atoms with Gasteiger partial charge in [0.25, 0.3) is 0 Å². The van der Waals surface area contributed by atoms with Gasteiger partial charge in [-0.2, -0.15) is 4.31 Å². The predicted molar refractivity (Wildman–Crippen MR) is 117 cm³/mol. The first-order chi connectivity index (χ1) is 15.4. The smallest absolute Gasteiger partial charge is 0.338 e. The van der Waals surface area contributed by atoms with Gasteiger partial charge in [-0.15, -0.1) is 0 Å². The highest BCUT2D eigenvalue weighted by atomic mass is 32.2. The minimum Gasteiger partial charge on any atom is -0.454 e. The monoisotopic (exact) mass is 456 g/mol. The molecule has 0 spiro atoms. The number of nitrogens with zero attached hydrogens (tertiary/aromatic N) is 2. The lowest BCUT2D eigenvalue weighted by molar-refractivity contribution is -0.117. The molecule has 32 heavy (non-hydrogen) atoms. The lowest BCUT2D eigenvalue weighted by Crippen LogP contribution is -2.27. The molecule has 0 aliphatic carbocycles. The topological polar surface area (TPSA) is 101 Å². The van der Waals surface area contributed by atoms with Gasteiger partial charge in [-0.05, 0) is 67.8 Å². The summed E-state index contributed by atoms with van der Waals surface area (Å²) < 4.78 is 31.7. The van der Waals surface area contributed by atoms with Crippen molar-refractivity contribution in [1.82, 2.24) is 4.31 Å². The summed E-state index contributed by atoms with van der Waals surface area (Å²) in [5.74, 6) is -1.01. The summed E-state index contributed by atoms with van der Waals surface area (Å²) in [6, 6.07) is 12.2. The molecule has 2 aliphatic heterocycles. The highest BCUT2D eigenvalue weighted by Gasteiger charge is 2.27. The van der Waals surface area contributed by atoms with E-state index in [9.17, 15) is 22.8 Å². The number of esters is 1. The van der Waals surface area contributed by atoms with Gasteiger partial charge in [0.05, 0.1) is 10.5 Å². The van der Waals surface area contributed by atoms with Crippen molar-refractivity contribution >= 4 is 33.4 Å². The first-order valence-electron chi connectivity index (χ1n) is 10.6. The van der Waals surface area contributed by atoms with E-state index in [0.29, 0.717) is 26.1 Å². The second-order valence-corrected chi connectivity index (χ2v) is 9.77. The van der Waals surface area contributed by atoms with E-state index in [2.05, 4.69) is 0 Å². The van der Waals surface area contributed by atoms with Crippen molar-refractivity contribution in [3.8, 4) is 0 Å². The van der Waals surface area contributed by atoms with Crippen molar-refractivity contribution in [2.45, 2.75) is 30.6 Å². The van der Waals surface area contributed by atoms with Crippen LogP contribution in [0.5, 0.6) is 0 Å². The number of benzene rings is 2. The molecule has 8 nitrogen and oxygen atoms in total. The van der Waals surface area contributed by atoms with Gasteiger partial charge in [0.15, 0.2) is 12.4 Å². The van der Waals surface area contributed by atoms with Crippen molar-refractivity contribution in [1.29, 1.82) is 0 Å². The highest BCUT2D eigenvalue weighted by molar-refractivity contribution is 7.89. The molecule has 0 bridgehead atoms. The van der Waals surface area contributed by atoms with Crippen LogP contribution in [-0.4, -0.2) is 56.6 Å². The molecule has 2 aromatic carbocycles. The van der Waals surface area contributed by atoms with Crippen molar-refractivity contribution in [2.75, 3.05) is 31.1 Å². The summed E-state index contributed by atoms with van der Waals surface area (Å²) in [5.41, 5.74) is 1.27. The summed E-state index contributed by atoms with van der Waals surface area (Å²) in [7, 11) is -3.54. The lowest BCUT2D eigenvalue weighted by Gasteiger charge is -2.16. The van der Waals surface area contributed by atoms with Gasteiger partial charge in [-0.3, -0.25) is 9.59 Å². The molecule has 2 aliphatic rings. The molecule has 9 heteroatoms. The van der Waals surface area contributed by atoms with Crippen LogP contribution in [0, 0.1) is 0 Å². The van der Waals surface area contributed by atoms with Gasteiger partial charge in [-0.25, -0.2) is 13.2 Å². The van der Waals surface area contributed by atoms with Crippen molar-refractivity contribution in [2.24, 2.45) is 0 Å². The number of sulfonamides is 1. The minimum absolute atomic E-state index is 0.0603. The minimum atomic E-state index is -3.54. The highest BCUT2D eigenvalue weighted by Crippen LogP contribution is 2.23. The molecule has 0 aromatic heterocycles. The molecule has 2 saturated heterocycles. The summed E-state index contributed by atoms with van der Waals surface area (Å²) in [4.78, 5) is 38.3. The van der Waals surface area contributed by atoms with E-state index in [-0.39, 0.29) is 21.9 Å². The first-order valence-corrected chi connectivity index (χ1v) is 12.0. The molecule has 4 rings (SSSR count). The van der Waals surface area contributed by atoms with Crippen LogP contribution in [0.15, 0.2) is 53.4 Å². The van der Waals surface area contributed by atoms with Gasteiger partial charge < -0.3 is 9.64 Å². The Balaban J connectivity index is 1.34. The standard InChI is InChI=1S/C23H24N2O6S/c26-21(17-7-11-20(12-8-17)32(29,30)24-13-1-2-14-24)16-31-23(28)18-5-9-19(10-6-18)25-15-3-4-22(25)27/h5-12H,1-4,13-16H2. The van der Waals surface area contributed by atoms with Crippen LogP contribution in [-0.2, 0) is 19.6 Å².